The molecule has 2 unspecified atom stereocenters. The van der Waals surface area contributed by atoms with Crippen molar-refractivity contribution in [3.8, 4) is 6.01 Å². The van der Waals surface area contributed by atoms with E-state index in [-0.39, 0.29) is 68.2 Å². The second-order valence-corrected chi connectivity index (χ2v) is 10.8. The van der Waals surface area contributed by atoms with Gasteiger partial charge in [-0.1, -0.05) is 12.1 Å². The first-order chi connectivity index (χ1) is 16.5. The second kappa shape index (κ2) is 9.63. The highest BCUT2D eigenvalue weighted by atomic mass is 32.2. The van der Waals surface area contributed by atoms with E-state index in [1.807, 2.05) is 0 Å². The second-order valence-electron chi connectivity index (χ2n) is 8.51. The largest absolute Gasteiger partial charge is 0.462 e. The molecule has 4 rings (SSSR count). The summed E-state index contributed by atoms with van der Waals surface area (Å²) in [6.45, 7) is 1.90. The molecule has 2 saturated heterocycles. The first kappa shape index (κ1) is 25.2. The van der Waals surface area contributed by atoms with Crippen molar-refractivity contribution < 1.29 is 40.0 Å². The van der Waals surface area contributed by atoms with E-state index in [9.17, 15) is 30.8 Å². The number of rotatable bonds is 4. The van der Waals surface area contributed by atoms with E-state index in [2.05, 4.69) is 10.1 Å². The summed E-state index contributed by atoms with van der Waals surface area (Å²) in [4.78, 5) is 20.1. The molecule has 2 fully saturated rings. The molecule has 0 N–H and O–H groups in total. The van der Waals surface area contributed by atoms with Gasteiger partial charge in [0.15, 0.2) is 9.84 Å². The topological polar surface area (TPSA) is 106 Å². The van der Waals surface area contributed by atoms with Crippen LogP contribution in [0.2, 0.25) is 0 Å². The smallest absolute Gasteiger partial charge is 0.419 e. The van der Waals surface area contributed by atoms with Crippen LogP contribution in [0.15, 0.2) is 22.7 Å². The quantitative estimate of drug-likeness (QED) is 0.571. The molecule has 0 aliphatic carbocycles. The van der Waals surface area contributed by atoms with Crippen molar-refractivity contribution in [2.24, 2.45) is 0 Å². The summed E-state index contributed by atoms with van der Waals surface area (Å²) >= 11 is 0. The molecule has 0 saturated carbocycles. The summed E-state index contributed by atoms with van der Waals surface area (Å²) in [5, 5.41) is 3.70. The van der Waals surface area contributed by atoms with E-state index >= 15 is 0 Å². The number of amides is 2. The van der Waals surface area contributed by atoms with Crippen LogP contribution >= 0.6 is 0 Å². The number of aromatic nitrogens is 2. The molecule has 14 heteroatoms. The number of nitrogens with zero attached hydrogens (tertiary/aromatic N) is 4. The average Bonchev–Trinajstić information content (AvgIpc) is 3.26. The first-order valence-electron chi connectivity index (χ1n) is 11.0. The fourth-order valence-electron chi connectivity index (χ4n) is 4.52. The number of halogens is 4. The molecule has 2 amide bonds. The first-order valence-corrected chi connectivity index (χ1v) is 12.9. The summed E-state index contributed by atoms with van der Waals surface area (Å²) in [6, 6.07) is 2.60. The standard InChI is InChI=1S/C21H24F4N4O5S/c1-2-33-19-26-18(34-27-19)14-10-13(15-4-3-5-16(22)17(15)21(23,24)25)11-29(12-14)20(30)28-6-8-35(31,32)9-7-28/h3-5,13-14H,2,6-12H2,1H3. The zero-order valence-corrected chi connectivity index (χ0v) is 19.6. The zero-order chi connectivity index (χ0) is 25.4. The number of piperidine rings is 1. The van der Waals surface area contributed by atoms with Crippen molar-refractivity contribution in [3.05, 3.63) is 41.0 Å². The number of carbonyl (C=O) groups is 1. The molecule has 0 radical (unpaired) electrons. The fourth-order valence-corrected chi connectivity index (χ4v) is 5.72. The van der Waals surface area contributed by atoms with E-state index in [0.29, 0.717) is 0 Å². The number of alkyl halides is 3. The van der Waals surface area contributed by atoms with E-state index < -0.39 is 45.3 Å². The number of sulfone groups is 1. The maximum atomic E-state index is 14.3. The summed E-state index contributed by atoms with van der Waals surface area (Å²) in [5.41, 5.74) is -1.64. The normalized spacial score (nSPS) is 22.8. The Balaban J connectivity index is 1.67. The van der Waals surface area contributed by atoms with Gasteiger partial charge >= 0.3 is 18.2 Å². The third kappa shape index (κ3) is 5.52. The minimum Gasteiger partial charge on any atom is -0.462 e. The summed E-state index contributed by atoms with van der Waals surface area (Å²) in [5.74, 6) is -3.22. The van der Waals surface area contributed by atoms with Gasteiger partial charge in [0.05, 0.1) is 29.6 Å². The number of hydrogen-bond acceptors (Lipinski definition) is 7. The van der Waals surface area contributed by atoms with Crippen molar-refractivity contribution in [1.82, 2.24) is 19.9 Å². The lowest BCUT2D eigenvalue weighted by Crippen LogP contribution is -2.53. The Morgan fingerprint density at radius 1 is 1.17 bits per heavy atom. The molecule has 2 aliphatic rings. The summed E-state index contributed by atoms with van der Waals surface area (Å²) < 4.78 is 89.5. The number of likely N-dealkylation sites (tertiary alicyclic amines) is 1. The molecule has 1 aromatic carbocycles. The van der Waals surface area contributed by atoms with E-state index in [0.717, 1.165) is 6.07 Å². The lowest BCUT2D eigenvalue weighted by Gasteiger charge is -2.40. The number of carbonyl (C=O) groups excluding carboxylic acids is 1. The van der Waals surface area contributed by atoms with Crippen LogP contribution in [-0.4, -0.2) is 78.7 Å². The molecular weight excluding hydrogens is 496 g/mol. The van der Waals surface area contributed by atoms with E-state index in [1.165, 1.54) is 21.9 Å². The van der Waals surface area contributed by atoms with Gasteiger partial charge < -0.3 is 19.1 Å². The van der Waals surface area contributed by atoms with Gasteiger partial charge in [-0.15, -0.1) is 0 Å². The predicted molar refractivity (Wildman–Crippen MR) is 114 cm³/mol. The van der Waals surface area contributed by atoms with Gasteiger partial charge in [0.25, 0.3) is 0 Å². The molecule has 2 atom stereocenters. The molecular formula is C21H24F4N4O5S. The molecule has 9 nitrogen and oxygen atoms in total. The van der Waals surface area contributed by atoms with E-state index in [4.69, 9.17) is 9.26 Å². The summed E-state index contributed by atoms with van der Waals surface area (Å²) in [6.07, 6.45) is -4.84. The highest BCUT2D eigenvalue weighted by Gasteiger charge is 2.43. The molecule has 35 heavy (non-hydrogen) atoms. The van der Waals surface area contributed by atoms with Crippen molar-refractivity contribution in [1.29, 1.82) is 0 Å². The van der Waals surface area contributed by atoms with Crippen molar-refractivity contribution in [3.63, 3.8) is 0 Å². The van der Waals surface area contributed by atoms with Crippen LogP contribution in [0.5, 0.6) is 6.01 Å². The lowest BCUT2D eigenvalue weighted by molar-refractivity contribution is -0.140. The Labute approximate surface area is 198 Å². The Hall–Kier alpha value is -2.90. The third-order valence-electron chi connectivity index (χ3n) is 6.15. The monoisotopic (exact) mass is 520 g/mol. The van der Waals surface area contributed by atoms with Gasteiger partial charge in [0.2, 0.25) is 5.89 Å². The van der Waals surface area contributed by atoms with Crippen molar-refractivity contribution >= 4 is 15.9 Å². The fraction of sp³-hybridized carbons (Fsp3) is 0.571. The molecule has 0 spiro atoms. The Kier molecular flexibility index (Phi) is 6.93. The van der Waals surface area contributed by atoms with E-state index in [1.54, 1.807) is 6.92 Å². The van der Waals surface area contributed by atoms with Crippen molar-refractivity contribution in [2.75, 3.05) is 44.3 Å². The average molecular weight is 521 g/mol. The van der Waals surface area contributed by atoms with Crippen LogP contribution in [0.4, 0.5) is 22.4 Å². The van der Waals surface area contributed by atoms with Crippen LogP contribution in [0, 0.1) is 5.82 Å². The van der Waals surface area contributed by atoms with Crippen LogP contribution in [0.25, 0.3) is 0 Å². The van der Waals surface area contributed by atoms with Crippen molar-refractivity contribution in [2.45, 2.75) is 31.4 Å². The number of urea groups is 1. The molecule has 1 aromatic heterocycles. The molecule has 0 bridgehead atoms. The lowest BCUT2D eigenvalue weighted by atomic mass is 9.82. The number of ether oxygens (including phenoxy) is 1. The highest BCUT2D eigenvalue weighted by molar-refractivity contribution is 7.91. The predicted octanol–water partition coefficient (Wildman–Crippen LogP) is 3.05. The zero-order valence-electron chi connectivity index (χ0n) is 18.8. The van der Waals surface area contributed by atoms with Gasteiger partial charge in [0.1, 0.15) is 5.82 Å². The van der Waals surface area contributed by atoms with Gasteiger partial charge in [-0.25, -0.2) is 17.6 Å². The molecule has 192 valence electrons. The maximum Gasteiger partial charge on any atom is 0.419 e. The van der Waals surface area contributed by atoms with Gasteiger partial charge in [-0.05, 0) is 30.1 Å². The Bertz CT molecular complexity index is 1170. The minimum absolute atomic E-state index is 0.0180. The van der Waals surface area contributed by atoms with Gasteiger partial charge in [-0.3, -0.25) is 0 Å². The van der Waals surface area contributed by atoms with Crippen LogP contribution in [0.3, 0.4) is 0 Å². The maximum absolute atomic E-state index is 14.3. The van der Waals surface area contributed by atoms with Gasteiger partial charge in [0, 0.05) is 32.1 Å². The Morgan fingerprint density at radius 2 is 1.86 bits per heavy atom. The number of benzene rings is 1. The third-order valence-corrected chi connectivity index (χ3v) is 7.76. The Morgan fingerprint density at radius 3 is 2.51 bits per heavy atom. The SMILES string of the molecule is CCOc1noc(C2CC(c3cccc(F)c3C(F)(F)F)CN(C(=O)N3CCS(=O)(=O)CC3)C2)n1. The molecule has 3 heterocycles. The van der Waals surface area contributed by atoms with Gasteiger partial charge in [-0.2, -0.15) is 18.2 Å². The number of hydrogen-bond donors (Lipinski definition) is 0. The molecule has 2 aliphatic heterocycles. The van der Waals surface area contributed by atoms with Crippen LogP contribution in [0.1, 0.15) is 42.2 Å². The summed E-state index contributed by atoms with van der Waals surface area (Å²) in [7, 11) is -3.24. The highest BCUT2D eigenvalue weighted by Crippen LogP contribution is 2.42. The minimum atomic E-state index is -4.93. The molecule has 2 aromatic rings. The van der Waals surface area contributed by atoms with Crippen LogP contribution < -0.4 is 4.74 Å². The van der Waals surface area contributed by atoms with Crippen LogP contribution in [-0.2, 0) is 16.0 Å².